The summed E-state index contributed by atoms with van der Waals surface area (Å²) in [6.07, 6.45) is 1.63. The number of hydrogen-bond acceptors (Lipinski definition) is 5. The zero-order valence-electron chi connectivity index (χ0n) is 14.4. The summed E-state index contributed by atoms with van der Waals surface area (Å²) in [5.41, 5.74) is 3.52. The van der Waals surface area contributed by atoms with Gasteiger partial charge >= 0.3 is 0 Å². The zero-order valence-corrected chi connectivity index (χ0v) is 15.2. The number of benzene rings is 2. The Morgan fingerprint density at radius 2 is 1.84 bits per heavy atom. The van der Waals surface area contributed by atoms with Crippen LogP contribution in [0.2, 0.25) is 0 Å². The predicted octanol–water partition coefficient (Wildman–Crippen LogP) is 2.74. The molecular weight excluding hydrogens is 342 g/mol. The highest BCUT2D eigenvalue weighted by molar-refractivity contribution is 7.92. The summed E-state index contributed by atoms with van der Waals surface area (Å²) in [5.74, 6) is 1.33. The lowest BCUT2D eigenvalue weighted by Gasteiger charge is -2.28. The molecule has 0 saturated carbocycles. The fourth-order valence-corrected chi connectivity index (χ4v) is 3.58. The van der Waals surface area contributed by atoms with Crippen LogP contribution in [0.25, 0.3) is 0 Å². The van der Waals surface area contributed by atoms with Gasteiger partial charge in [0.15, 0.2) is 11.5 Å². The van der Waals surface area contributed by atoms with Crippen molar-refractivity contribution >= 4 is 15.7 Å². The molecule has 134 valence electrons. The Balaban J connectivity index is 2.02. The third kappa shape index (κ3) is 3.88. The Morgan fingerprint density at radius 3 is 2.52 bits per heavy atom. The van der Waals surface area contributed by atoms with E-state index in [0.717, 1.165) is 29.4 Å². The maximum Gasteiger partial charge on any atom is 0.229 e. The minimum absolute atomic E-state index is 0.287. The van der Waals surface area contributed by atoms with Crippen LogP contribution in [0.15, 0.2) is 36.4 Å². The molecule has 2 aromatic rings. The van der Waals surface area contributed by atoms with Gasteiger partial charge in [-0.05, 0) is 47.4 Å². The first kappa shape index (κ1) is 17.6. The summed E-state index contributed by atoms with van der Waals surface area (Å²) in [6, 6.07) is 11.1. The normalized spacial score (nSPS) is 16.8. The van der Waals surface area contributed by atoms with Crippen LogP contribution < -0.4 is 14.2 Å². The molecule has 3 rings (SSSR count). The number of methoxy groups -OCH3 is 2. The zero-order chi connectivity index (χ0) is 18.0. The number of sulfonamides is 1. The predicted molar refractivity (Wildman–Crippen MR) is 96.0 cm³/mol. The van der Waals surface area contributed by atoms with Gasteiger partial charge in [0.25, 0.3) is 0 Å². The number of nitrogens with one attached hydrogen (secondary N) is 1. The molecule has 0 fully saturated rings. The maximum atomic E-state index is 11.5. The van der Waals surface area contributed by atoms with E-state index in [2.05, 4.69) is 4.72 Å². The Kier molecular flexibility index (Phi) is 4.87. The van der Waals surface area contributed by atoms with Crippen molar-refractivity contribution in [2.24, 2.45) is 0 Å². The quantitative estimate of drug-likeness (QED) is 0.884. The van der Waals surface area contributed by atoms with E-state index in [1.807, 2.05) is 18.2 Å². The third-order valence-corrected chi connectivity index (χ3v) is 4.68. The molecule has 1 heterocycles. The van der Waals surface area contributed by atoms with E-state index in [-0.39, 0.29) is 6.10 Å². The van der Waals surface area contributed by atoms with Crippen LogP contribution in [-0.2, 0) is 21.2 Å². The molecule has 2 aromatic carbocycles. The number of anilines is 1. The van der Waals surface area contributed by atoms with Gasteiger partial charge < -0.3 is 14.2 Å². The molecule has 1 unspecified atom stereocenters. The van der Waals surface area contributed by atoms with E-state index >= 15 is 0 Å². The van der Waals surface area contributed by atoms with Gasteiger partial charge in [-0.15, -0.1) is 0 Å². The second kappa shape index (κ2) is 6.93. The summed E-state index contributed by atoms with van der Waals surface area (Å²) in [6.45, 7) is 0.580. The summed E-state index contributed by atoms with van der Waals surface area (Å²) < 4.78 is 42.2. The Hall–Kier alpha value is -2.25. The van der Waals surface area contributed by atoms with E-state index in [4.69, 9.17) is 14.2 Å². The van der Waals surface area contributed by atoms with Crippen LogP contribution in [0, 0.1) is 0 Å². The molecule has 6 nitrogen and oxygen atoms in total. The van der Waals surface area contributed by atoms with Crippen molar-refractivity contribution in [3.8, 4) is 11.5 Å². The van der Waals surface area contributed by atoms with Crippen molar-refractivity contribution in [2.75, 3.05) is 31.8 Å². The van der Waals surface area contributed by atoms with E-state index in [0.29, 0.717) is 23.8 Å². The van der Waals surface area contributed by atoms with Crippen molar-refractivity contribution in [1.29, 1.82) is 0 Å². The highest BCUT2D eigenvalue weighted by atomic mass is 32.2. The average molecular weight is 363 g/mol. The van der Waals surface area contributed by atoms with Crippen LogP contribution in [-0.4, -0.2) is 35.5 Å². The van der Waals surface area contributed by atoms with Crippen LogP contribution in [0.3, 0.4) is 0 Å². The summed E-state index contributed by atoms with van der Waals surface area (Å²) >= 11 is 0. The van der Waals surface area contributed by atoms with Gasteiger partial charge in [0, 0.05) is 5.69 Å². The molecule has 1 N–H and O–H groups in total. The Bertz CT molecular complexity index is 879. The van der Waals surface area contributed by atoms with Gasteiger partial charge in [-0.1, -0.05) is 12.1 Å². The lowest BCUT2D eigenvalue weighted by atomic mass is 9.92. The molecular formula is C18H21NO5S. The van der Waals surface area contributed by atoms with Crippen molar-refractivity contribution in [1.82, 2.24) is 0 Å². The SMILES string of the molecule is COc1cc2c(cc1OC)C(c1cccc(NS(C)(=O)=O)c1)OCC2. The molecule has 25 heavy (non-hydrogen) atoms. The van der Waals surface area contributed by atoms with Crippen LogP contribution in [0.1, 0.15) is 22.8 Å². The molecule has 1 aliphatic heterocycles. The first-order valence-electron chi connectivity index (χ1n) is 7.85. The van der Waals surface area contributed by atoms with E-state index in [9.17, 15) is 8.42 Å². The van der Waals surface area contributed by atoms with E-state index in [1.54, 1.807) is 32.4 Å². The molecule has 0 bridgehead atoms. The lowest BCUT2D eigenvalue weighted by molar-refractivity contribution is 0.0695. The average Bonchev–Trinajstić information content (AvgIpc) is 2.58. The van der Waals surface area contributed by atoms with Gasteiger partial charge in [-0.25, -0.2) is 8.42 Å². The fourth-order valence-electron chi connectivity index (χ4n) is 3.03. The minimum atomic E-state index is -3.33. The van der Waals surface area contributed by atoms with Gasteiger partial charge in [0.1, 0.15) is 6.10 Å². The topological polar surface area (TPSA) is 73.9 Å². The number of hydrogen-bond donors (Lipinski definition) is 1. The minimum Gasteiger partial charge on any atom is -0.493 e. The summed E-state index contributed by atoms with van der Waals surface area (Å²) in [4.78, 5) is 0. The molecule has 0 amide bonds. The van der Waals surface area contributed by atoms with Gasteiger partial charge in [-0.2, -0.15) is 0 Å². The Labute approximate surface area is 147 Å². The largest absolute Gasteiger partial charge is 0.493 e. The molecule has 1 atom stereocenters. The van der Waals surface area contributed by atoms with Gasteiger partial charge in [-0.3, -0.25) is 4.72 Å². The van der Waals surface area contributed by atoms with E-state index in [1.165, 1.54) is 0 Å². The lowest BCUT2D eigenvalue weighted by Crippen LogP contribution is -2.18. The monoisotopic (exact) mass is 363 g/mol. The molecule has 7 heteroatoms. The maximum absolute atomic E-state index is 11.5. The molecule has 0 spiro atoms. The molecule has 1 aliphatic rings. The Morgan fingerprint density at radius 1 is 1.12 bits per heavy atom. The molecule has 0 aliphatic carbocycles. The fraction of sp³-hybridized carbons (Fsp3) is 0.333. The van der Waals surface area contributed by atoms with Crippen LogP contribution in [0.5, 0.6) is 11.5 Å². The summed E-state index contributed by atoms with van der Waals surface area (Å²) in [7, 11) is -0.123. The molecule has 0 radical (unpaired) electrons. The highest BCUT2D eigenvalue weighted by Crippen LogP contribution is 2.40. The van der Waals surface area contributed by atoms with Gasteiger partial charge in [0.05, 0.1) is 27.1 Å². The van der Waals surface area contributed by atoms with Crippen molar-refractivity contribution in [3.63, 3.8) is 0 Å². The first-order chi connectivity index (χ1) is 11.9. The second-order valence-electron chi connectivity index (χ2n) is 5.91. The molecule has 0 aromatic heterocycles. The van der Waals surface area contributed by atoms with Gasteiger partial charge in [0.2, 0.25) is 10.0 Å². The van der Waals surface area contributed by atoms with E-state index < -0.39 is 10.0 Å². The first-order valence-corrected chi connectivity index (χ1v) is 9.74. The van der Waals surface area contributed by atoms with Crippen molar-refractivity contribution < 1.29 is 22.6 Å². The number of fused-ring (bicyclic) bond motifs is 1. The number of rotatable bonds is 5. The standard InChI is InChI=1S/C18H21NO5S/c1-22-16-10-12-7-8-24-18(15(12)11-17(16)23-2)13-5-4-6-14(9-13)19-25(3,20)21/h4-6,9-11,18-19H,7-8H2,1-3H3. The second-order valence-corrected chi connectivity index (χ2v) is 7.65. The highest BCUT2D eigenvalue weighted by Gasteiger charge is 2.25. The number of ether oxygens (including phenoxy) is 3. The summed E-state index contributed by atoms with van der Waals surface area (Å²) in [5, 5.41) is 0. The third-order valence-electron chi connectivity index (χ3n) is 4.08. The molecule has 0 saturated heterocycles. The van der Waals surface area contributed by atoms with Crippen molar-refractivity contribution in [2.45, 2.75) is 12.5 Å². The smallest absolute Gasteiger partial charge is 0.229 e. The van der Waals surface area contributed by atoms with Crippen LogP contribution in [0.4, 0.5) is 5.69 Å². The van der Waals surface area contributed by atoms with Crippen molar-refractivity contribution in [3.05, 3.63) is 53.1 Å². The van der Waals surface area contributed by atoms with Crippen LogP contribution >= 0.6 is 0 Å².